The van der Waals surface area contributed by atoms with E-state index in [0.29, 0.717) is 6.04 Å². The van der Waals surface area contributed by atoms with Gasteiger partial charge in [-0.2, -0.15) is 0 Å². The molecule has 0 aromatic heterocycles. The van der Waals surface area contributed by atoms with E-state index in [1.807, 2.05) is 24.3 Å². The molecule has 1 heterocycles. The summed E-state index contributed by atoms with van der Waals surface area (Å²) in [5, 5.41) is 4.21. The highest BCUT2D eigenvalue weighted by Gasteiger charge is 2.13. The zero-order valence-corrected chi connectivity index (χ0v) is 11.5. The fourth-order valence-corrected chi connectivity index (χ4v) is 2.22. The summed E-state index contributed by atoms with van der Waals surface area (Å²) in [4.78, 5) is 2.40. The second kappa shape index (κ2) is 6.80. The molecule has 1 aliphatic rings. The van der Waals surface area contributed by atoms with Crippen molar-refractivity contribution in [2.45, 2.75) is 19.4 Å². The molecule has 18 heavy (non-hydrogen) atoms. The lowest BCUT2D eigenvalue weighted by Crippen LogP contribution is -2.49. The predicted molar refractivity (Wildman–Crippen MR) is 76.8 cm³/mol. The molecule has 0 spiro atoms. The van der Waals surface area contributed by atoms with Crippen molar-refractivity contribution in [1.29, 1.82) is 0 Å². The Hall–Kier alpha value is -1.01. The minimum absolute atomic E-state index is 0.580. The maximum absolute atomic E-state index is 5.84. The summed E-state index contributed by atoms with van der Waals surface area (Å²) >= 11 is 5.84. The van der Waals surface area contributed by atoms with Gasteiger partial charge in [-0.25, -0.2) is 0 Å². The third-order valence-electron chi connectivity index (χ3n) is 3.09. The Balaban J connectivity index is 1.77. The largest absolute Gasteiger partial charge is 0.312 e. The molecule has 0 amide bonds. The molecular formula is C15H19ClN2. The Kier molecular flexibility index (Phi) is 5.07. The molecule has 1 aromatic rings. The minimum atomic E-state index is 0.580. The van der Waals surface area contributed by atoms with E-state index in [-0.39, 0.29) is 0 Å². The monoisotopic (exact) mass is 262 g/mol. The lowest BCUT2D eigenvalue weighted by atomic mass is 10.1. The number of halogens is 1. The van der Waals surface area contributed by atoms with Gasteiger partial charge < -0.3 is 5.32 Å². The molecule has 2 nitrogen and oxygen atoms in total. The Morgan fingerprint density at radius 1 is 1.33 bits per heavy atom. The van der Waals surface area contributed by atoms with Gasteiger partial charge in [-0.15, -0.1) is 0 Å². The normalized spacial score (nSPS) is 20.2. The molecule has 1 atom stereocenters. The molecular weight excluding hydrogens is 244 g/mol. The van der Waals surface area contributed by atoms with Gasteiger partial charge in [-0.05, 0) is 24.6 Å². The van der Waals surface area contributed by atoms with Gasteiger partial charge in [0.05, 0.1) is 6.54 Å². The van der Waals surface area contributed by atoms with Crippen LogP contribution in [0.3, 0.4) is 0 Å². The van der Waals surface area contributed by atoms with Crippen LogP contribution in [0.1, 0.15) is 12.5 Å². The van der Waals surface area contributed by atoms with Crippen molar-refractivity contribution in [1.82, 2.24) is 10.2 Å². The van der Waals surface area contributed by atoms with Crippen LogP contribution in [0.15, 0.2) is 24.3 Å². The van der Waals surface area contributed by atoms with Gasteiger partial charge >= 0.3 is 0 Å². The molecule has 1 fully saturated rings. The standard InChI is InChI=1S/C15H19ClN2/c1-13-12-18(11-9-17-13)10-3-2-4-14-5-7-15(16)8-6-14/h5-8,13,17H,4,9-12H2,1H3. The molecule has 1 aromatic carbocycles. The van der Waals surface area contributed by atoms with Crippen molar-refractivity contribution in [3.8, 4) is 11.8 Å². The molecule has 1 unspecified atom stereocenters. The summed E-state index contributed by atoms with van der Waals surface area (Å²) in [5.41, 5.74) is 1.22. The van der Waals surface area contributed by atoms with Crippen molar-refractivity contribution in [3.05, 3.63) is 34.9 Å². The van der Waals surface area contributed by atoms with Crippen LogP contribution in [0.2, 0.25) is 5.02 Å². The summed E-state index contributed by atoms with van der Waals surface area (Å²) in [6.45, 7) is 6.35. The fraction of sp³-hybridized carbons (Fsp3) is 0.467. The maximum atomic E-state index is 5.84. The number of piperazine rings is 1. The highest BCUT2D eigenvalue weighted by Crippen LogP contribution is 2.09. The Bertz CT molecular complexity index is 430. The van der Waals surface area contributed by atoms with Gasteiger partial charge in [0.2, 0.25) is 0 Å². The average Bonchev–Trinajstić information content (AvgIpc) is 2.37. The van der Waals surface area contributed by atoms with Crippen LogP contribution < -0.4 is 5.32 Å². The Labute approximate surface area is 114 Å². The van der Waals surface area contributed by atoms with Crippen molar-refractivity contribution < 1.29 is 0 Å². The number of nitrogens with one attached hydrogen (secondary N) is 1. The van der Waals surface area contributed by atoms with Gasteiger partial charge in [0.15, 0.2) is 0 Å². The van der Waals surface area contributed by atoms with E-state index in [2.05, 4.69) is 29.0 Å². The number of rotatable bonds is 2. The zero-order chi connectivity index (χ0) is 12.8. The highest BCUT2D eigenvalue weighted by atomic mass is 35.5. The fourth-order valence-electron chi connectivity index (χ4n) is 2.09. The first-order valence-electron chi connectivity index (χ1n) is 6.40. The van der Waals surface area contributed by atoms with Crippen LogP contribution in [0, 0.1) is 11.8 Å². The van der Waals surface area contributed by atoms with Gasteiger partial charge in [0.1, 0.15) is 0 Å². The summed E-state index contributed by atoms with van der Waals surface area (Å²) < 4.78 is 0. The highest BCUT2D eigenvalue weighted by molar-refractivity contribution is 6.30. The first-order chi connectivity index (χ1) is 8.74. The molecule has 1 N–H and O–H groups in total. The van der Waals surface area contributed by atoms with E-state index in [1.165, 1.54) is 5.56 Å². The predicted octanol–water partition coefficient (Wildman–Crippen LogP) is 2.18. The minimum Gasteiger partial charge on any atom is -0.312 e. The second-order valence-corrected chi connectivity index (χ2v) is 5.18. The molecule has 0 aliphatic carbocycles. The molecule has 0 radical (unpaired) electrons. The third-order valence-corrected chi connectivity index (χ3v) is 3.34. The molecule has 3 heteroatoms. The van der Waals surface area contributed by atoms with E-state index in [9.17, 15) is 0 Å². The Morgan fingerprint density at radius 2 is 2.11 bits per heavy atom. The van der Waals surface area contributed by atoms with E-state index < -0.39 is 0 Å². The van der Waals surface area contributed by atoms with Crippen LogP contribution in [-0.2, 0) is 6.42 Å². The SMILES string of the molecule is CC1CN(CC#CCc2ccc(Cl)cc2)CCN1. The van der Waals surface area contributed by atoms with Gasteiger partial charge in [0.25, 0.3) is 0 Å². The summed E-state index contributed by atoms with van der Waals surface area (Å²) in [6.07, 6.45) is 0.804. The third kappa shape index (κ3) is 4.34. The van der Waals surface area contributed by atoms with Gasteiger partial charge in [-0.3, -0.25) is 4.90 Å². The van der Waals surface area contributed by atoms with Crippen molar-refractivity contribution in [2.24, 2.45) is 0 Å². The lowest BCUT2D eigenvalue weighted by molar-refractivity contribution is 0.229. The second-order valence-electron chi connectivity index (χ2n) is 4.75. The van der Waals surface area contributed by atoms with Crippen LogP contribution in [0.25, 0.3) is 0 Å². The number of benzene rings is 1. The number of hydrogen-bond donors (Lipinski definition) is 1. The zero-order valence-electron chi connectivity index (χ0n) is 10.7. The molecule has 2 rings (SSSR count). The van der Waals surface area contributed by atoms with Gasteiger partial charge in [0, 0.05) is 37.1 Å². The van der Waals surface area contributed by atoms with Crippen molar-refractivity contribution in [2.75, 3.05) is 26.2 Å². The van der Waals surface area contributed by atoms with Crippen LogP contribution in [-0.4, -0.2) is 37.1 Å². The summed E-state index contributed by atoms with van der Waals surface area (Å²) in [6, 6.07) is 8.47. The smallest absolute Gasteiger partial charge is 0.0602 e. The number of nitrogens with zero attached hydrogens (tertiary/aromatic N) is 1. The molecule has 1 aliphatic heterocycles. The van der Waals surface area contributed by atoms with E-state index in [0.717, 1.165) is 37.6 Å². The van der Waals surface area contributed by atoms with Crippen LogP contribution in [0.4, 0.5) is 0 Å². The first-order valence-corrected chi connectivity index (χ1v) is 6.78. The van der Waals surface area contributed by atoms with Crippen molar-refractivity contribution >= 4 is 11.6 Å². The molecule has 0 bridgehead atoms. The molecule has 0 saturated carbocycles. The van der Waals surface area contributed by atoms with E-state index in [4.69, 9.17) is 11.6 Å². The first kappa shape index (κ1) is 13.4. The maximum Gasteiger partial charge on any atom is 0.0602 e. The van der Waals surface area contributed by atoms with E-state index >= 15 is 0 Å². The average molecular weight is 263 g/mol. The van der Waals surface area contributed by atoms with Crippen LogP contribution in [0.5, 0.6) is 0 Å². The van der Waals surface area contributed by atoms with E-state index in [1.54, 1.807) is 0 Å². The number of hydrogen-bond acceptors (Lipinski definition) is 2. The van der Waals surface area contributed by atoms with Gasteiger partial charge in [-0.1, -0.05) is 35.6 Å². The lowest BCUT2D eigenvalue weighted by Gasteiger charge is -2.30. The quantitative estimate of drug-likeness (QED) is 0.822. The topological polar surface area (TPSA) is 15.3 Å². The summed E-state index contributed by atoms with van der Waals surface area (Å²) in [5.74, 6) is 6.48. The van der Waals surface area contributed by atoms with Crippen molar-refractivity contribution in [3.63, 3.8) is 0 Å². The molecule has 96 valence electrons. The summed E-state index contributed by atoms with van der Waals surface area (Å²) in [7, 11) is 0. The Morgan fingerprint density at radius 3 is 2.83 bits per heavy atom. The molecule has 1 saturated heterocycles. The van der Waals surface area contributed by atoms with Crippen LogP contribution >= 0.6 is 11.6 Å².